The summed E-state index contributed by atoms with van der Waals surface area (Å²) in [5.41, 5.74) is 5.14. The fourth-order valence-corrected chi connectivity index (χ4v) is 3.06. The van der Waals surface area contributed by atoms with Gasteiger partial charge in [0.15, 0.2) is 0 Å². The van der Waals surface area contributed by atoms with Gasteiger partial charge in [-0.3, -0.25) is 4.79 Å². The molecule has 3 aromatic rings. The summed E-state index contributed by atoms with van der Waals surface area (Å²) in [6.45, 7) is 6.49. The minimum atomic E-state index is -0.253. The minimum Gasteiger partial charge on any atom is -0.354 e. The van der Waals surface area contributed by atoms with Gasteiger partial charge in [0, 0.05) is 22.9 Å². The highest BCUT2D eigenvalue weighted by molar-refractivity contribution is 6.30. The van der Waals surface area contributed by atoms with Gasteiger partial charge >= 0.3 is 0 Å². The van der Waals surface area contributed by atoms with Crippen molar-refractivity contribution in [3.63, 3.8) is 0 Å². The molecule has 2 N–H and O–H groups in total. The predicted octanol–water partition coefficient (Wildman–Crippen LogP) is 4.96. The second-order valence-corrected chi connectivity index (χ2v) is 7.16. The molecule has 2 aromatic carbocycles. The molecule has 28 heavy (non-hydrogen) atoms. The first-order chi connectivity index (χ1) is 13.4. The molecular formula is C22H23ClN4O. The Morgan fingerprint density at radius 1 is 1.04 bits per heavy atom. The van der Waals surface area contributed by atoms with Gasteiger partial charge in [0.2, 0.25) is 5.95 Å². The van der Waals surface area contributed by atoms with Crippen LogP contribution in [0.3, 0.4) is 0 Å². The van der Waals surface area contributed by atoms with E-state index in [1.54, 1.807) is 6.07 Å². The third kappa shape index (κ3) is 5.08. The highest BCUT2D eigenvalue weighted by Gasteiger charge is 2.12. The maximum atomic E-state index is 12.7. The summed E-state index contributed by atoms with van der Waals surface area (Å²) < 4.78 is 0. The molecule has 144 valence electrons. The van der Waals surface area contributed by atoms with Crippen LogP contribution in [0, 0.1) is 20.8 Å². The third-order valence-corrected chi connectivity index (χ3v) is 4.76. The number of aryl methyl sites for hydroxylation is 2. The Hall–Kier alpha value is -2.92. The Labute approximate surface area is 170 Å². The van der Waals surface area contributed by atoms with Gasteiger partial charge in [-0.1, -0.05) is 35.9 Å². The molecule has 6 heteroatoms. The lowest BCUT2D eigenvalue weighted by Crippen LogP contribution is -2.17. The average molecular weight is 395 g/mol. The van der Waals surface area contributed by atoms with Crippen LogP contribution in [0.5, 0.6) is 0 Å². The molecule has 0 spiro atoms. The van der Waals surface area contributed by atoms with Crippen LogP contribution >= 0.6 is 11.6 Å². The summed E-state index contributed by atoms with van der Waals surface area (Å²) in [5.74, 6) is 0.185. The van der Waals surface area contributed by atoms with Gasteiger partial charge in [0.05, 0.1) is 0 Å². The molecule has 0 saturated carbocycles. The van der Waals surface area contributed by atoms with Gasteiger partial charge in [-0.2, -0.15) is 0 Å². The lowest BCUT2D eigenvalue weighted by atomic mass is 10.1. The number of aromatic nitrogens is 2. The Morgan fingerprint density at radius 2 is 1.82 bits per heavy atom. The van der Waals surface area contributed by atoms with E-state index >= 15 is 0 Å². The first-order valence-electron chi connectivity index (χ1n) is 9.14. The minimum absolute atomic E-state index is 0.253. The molecule has 0 bridgehead atoms. The molecule has 3 rings (SSSR count). The van der Waals surface area contributed by atoms with Gasteiger partial charge in [0.25, 0.3) is 5.91 Å². The molecule has 1 aromatic heterocycles. The van der Waals surface area contributed by atoms with Crippen molar-refractivity contribution in [1.29, 1.82) is 0 Å². The molecule has 1 amide bonds. The number of rotatable bonds is 6. The van der Waals surface area contributed by atoms with Gasteiger partial charge in [0.1, 0.15) is 5.69 Å². The fourth-order valence-electron chi connectivity index (χ4n) is 2.85. The molecule has 0 atom stereocenters. The maximum Gasteiger partial charge on any atom is 0.274 e. The second-order valence-electron chi connectivity index (χ2n) is 6.73. The zero-order valence-electron chi connectivity index (χ0n) is 16.2. The van der Waals surface area contributed by atoms with Crippen LogP contribution in [-0.2, 0) is 6.42 Å². The number of anilines is 2. The Kier molecular flexibility index (Phi) is 6.26. The molecule has 0 saturated heterocycles. The van der Waals surface area contributed by atoms with Crippen molar-refractivity contribution in [2.75, 3.05) is 17.2 Å². The van der Waals surface area contributed by atoms with Crippen molar-refractivity contribution in [3.05, 3.63) is 81.6 Å². The standard InChI is InChI=1S/C22H23ClN4O/c1-14-6-4-9-19(16(14)3)26-21(28)20-12-15(2)25-22(27-20)24-11-10-17-7-5-8-18(23)13-17/h4-9,12-13H,10-11H2,1-3H3,(H,26,28)(H,24,25,27). The highest BCUT2D eigenvalue weighted by atomic mass is 35.5. The van der Waals surface area contributed by atoms with E-state index < -0.39 is 0 Å². The summed E-state index contributed by atoms with van der Waals surface area (Å²) >= 11 is 6.01. The number of benzene rings is 2. The number of amides is 1. The summed E-state index contributed by atoms with van der Waals surface area (Å²) in [6, 6.07) is 15.2. The van der Waals surface area contributed by atoms with Gasteiger partial charge in [-0.15, -0.1) is 0 Å². The SMILES string of the molecule is Cc1cc(C(=O)Nc2cccc(C)c2C)nc(NCCc2cccc(Cl)c2)n1. The summed E-state index contributed by atoms with van der Waals surface area (Å²) in [5, 5.41) is 6.84. The van der Waals surface area contributed by atoms with E-state index in [2.05, 4.69) is 20.6 Å². The van der Waals surface area contributed by atoms with Crippen LogP contribution in [0.25, 0.3) is 0 Å². The summed E-state index contributed by atoms with van der Waals surface area (Å²) in [7, 11) is 0. The van der Waals surface area contributed by atoms with Crippen molar-refractivity contribution in [2.24, 2.45) is 0 Å². The topological polar surface area (TPSA) is 66.9 Å². The Morgan fingerprint density at radius 3 is 2.61 bits per heavy atom. The lowest BCUT2D eigenvalue weighted by molar-refractivity contribution is 0.102. The number of nitrogens with zero attached hydrogens (tertiary/aromatic N) is 2. The molecule has 1 heterocycles. The van der Waals surface area contributed by atoms with E-state index in [1.165, 1.54) is 0 Å². The number of nitrogens with one attached hydrogen (secondary N) is 2. The van der Waals surface area contributed by atoms with E-state index in [0.29, 0.717) is 18.2 Å². The van der Waals surface area contributed by atoms with Crippen molar-refractivity contribution < 1.29 is 4.79 Å². The van der Waals surface area contributed by atoms with Crippen LogP contribution in [0.4, 0.5) is 11.6 Å². The summed E-state index contributed by atoms with van der Waals surface area (Å²) in [4.78, 5) is 21.4. The van der Waals surface area contributed by atoms with Gasteiger partial charge < -0.3 is 10.6 Å². The fraction of sp³-hybridized carbons (Fsp3) is 0.227. The van der Waals surface area contributed by atoms with Crippen LogP contribution in [0.1, 0.15) is 32.9 Å². The number of halogens is 1. The van der Waals surface area contributed by atoms with Crippen LogP contribution < -0.4 is 10.6 Å². The van der Waals surface area contributed by atoms with Crippen molar-refractivity contribution in [1.82, 2.24) is 9.97 Å². The van der Waals surface area contributed by atoms with Gasteiger partial charge in [-0.25, -0.2) is 9.97 Å². The molecule has 0 radical (unpaired) electrons. The van der Waals surface area contributed by atoms with Crippen LogP contribution in [-0.4, -0.2) is 22.4 Å². The summed E-state index contributed by atoms with van der Waals surface area (Å²) in [6.07, 6.45) is 0.780. The zero-order chi connectivity index (χ0) is 20.1. The number of hydrogen-bond acceptors (Lipinski definition) is 4. The van der Waals surface area contributed by atoms with Crippen LogP contribution in [0.2, 0.25) is 5.02 Å². The molecule has 5 nitrogen and oxygen atoms in total. The highest BCUT2D eigenvalue weighted by Crippen LogP contribution is 2.19. The molecule has 0 unspecified atom stereocenters. The number of carbonyl (C=O) groups excluding carboxylic acids is 1. The molecule has 0 aliphatic heterocycles. The molecular weight excluding hydrogens is 372 g/mol. The molecule has 0 aliphatic rings. The Balaban J connectivity index is 1.68. The van der Waals surface area contributed by atoms with Crippen LogP contribution in [0.15, 0.2) is 48.5 Å². The maximum absolute atomic E-state index is 12.7. The number of carbonyl (C=O) groups is 1. The second kappa shape index (κ2) is 8.85. The van der Waals surface area contributed by atoms with Crippen molar-refractivity contribution in [2.45, 2.75) is 27.2 Å². The van der Waals surface area contributed by atoms with Crippen molar-refractivity contribution in [3.8, 4) is 0 Å². The number of hydrogen-bond donors (Lipinski definition) is 2. The van der Waals surface area contributed by atoms with E-state index in [1.807, 2.05) is 63.2 Å². The predicted molar refractivity (Wildman–Crippen MR) is 114 cm³/mol. The third-order valence-electron chi connectivity index (χ3n) is 4.53. The van der Waals surface area contributed by atoms with Gasteiger partial charge in [-0.05, 0) is 68.1 Å². The first-order valence-corrected chi connectivity index (χ1v) is 9.52. The molecule has 0 aliphatic carbocycles. The van der Waals surface area contributed by atoms with E-state index in [9.17, 15) is 4.79 Å². The van der Waals surface area contributed by atoms with E-state index in [0.717, 1.165) is 39.5 Å². The monoisotopic (exact) mass is 394 g/mol. The first kappa shape index (κ1) is 19.8. The smallest absolute Gasteiger partial charge is 0.274 e. The normalized spacial score (nSPS) is 10.6. The molecule has 0 fully saturated rings. The van der Waals surface area contributed by atoms with Crippen molar-refractivity contribution >= 4 is 29.1 Å². The zero-order valence-corrected chi connectivity index (χ0v) is 17.0. The Bertz CT molecular complexity index is 1000. The van der Waals surface area contributed by atoms with E-state index in [-0.39, 0.29) is 5.91 Å². The largest absolute Gasteiger partial charge is 0.354 e. The lowest BCUT2D eigenvalue weighted by Gasteiger charge is -2.11. The quantitative estimate of drug-likeness (QED) is 0.619. The van der Waals surface area contributed by atoms with E-state index in [4.69, 9.17) is 11.6 Å². The average Bonchev–Trinajstić information content (AvgIpc) is 2.65.